The molecule has 10 heteroatoms. The fraction of sp³-hybridized carbons (Fsp3) is 0.267. The van der Waals surface area contributed by atoms with Gasteiger partial charge in [0.15, 0.2) is 21.5 Å². The van der Waals surface area contributed by atoms with Crippen LogP contribution in [0.2, 0.25) is 0 Å². The molecule has 0 unspecified atom stereocenters. The smallest absolute Gasteiger partial charge is 0.266 e. The van der Waals surface area contributed by atoms with Crippen molar-refractivity contribution in [3.8, 4) is 22.9 Å². The highest BCUT2D eigenvalue weighted by Crippen LogP contribution is 2.29. The second-order valence-corrected chi connectivity index (χ2v) is 8.02. The van der Waals surface area contributed by atoms with Gasteiger partial charge >= 0.3 is 0 Å². The monoisotopic (exact) mass is 358 g/mol. The molecule has 9 nitrogen and oxygen atoms in total. The predicted octanol–water partition coefficient (Wildman–Crippen LogP) is 0.450. The van der Waals surface area contributed by atoms with E-state index in [-0.39, 0.29) is 23.1 Å². The van der Waals surface area contributed by atoms with Gasteiger partial charge in [-0.15, -0.1) is 0 Å². The molecule has 0 aliphatic carbocycles. The minimum absolute atomic E-state index is 0.0164. The van der Waals surface area contributed by atoms with E-state index < -0.39 is 9.84 Å². The van der Waals surface area contributed by atoms with E-state index in [1.54, 1.807) is 29.2 Å². The van der Waals surface area contributed by atoms with Gasteiger partial charge in [0.05, 0.1) is 23.7 Å². The molecule has 0 aromatic carbocycles. The van der Waals surface area contributed by atoms with Crippen LogP contribution < -0.4 is 5.56 Å². The number of hydrogen-bond donors (Lipinski definition) is 1. The lowest BCUT2D eigenvalue weighted by atomic mass is 10.2. The Kier molecular flexibility index (Phi) is 3.68. The van der Waals surface area contributed by atoms with Crippen LogP contribution in [0, 0.1) is 0 Å². The number of aromatic amines is 1. The van der Waals surface area contributed by atoms with E-state index >= 15 is 0 Å². The Balaban J connectivity index is 1.84. The van der Waals surface area contributed by atoms with Crippen molar-refractivity contribution in [2.75, 3.05) is 11.5 Å². The largest absolute Gasteiger partial charge is 0.325 e. The summed E-state index contributed by atoms with van der Waals surface area (Å²) in [7, 11) is -3.08. The molecule has 25 heavy (non-hydrogen) atoms. The van der Waals surface area contributed by atoms with Crippen LogP contribution in [0.4, 0.5) is 0 Å². The molecule has 1 saturated heterocycles. The number of aromatic nitrogens is 6. The highest BCUT2D eigenvalue weighted by Gasteiger charge is 2.32. The van der Waals surface area contributed by atoms with Crippen molar-refractivity contribution in [1.82, 2.24) is 29.7 Å². The molecule has 1 atom stereocenters. The summed E-state index contributed by atoms with van der Waals surface area (Å²) < 4.78 is 25.3. The van der Waals surface area contributed by atoms with Gasteiger partial charge in [-0.2, -0.15) is 5.10 Å². The van der Waals surface area contributed by atoms with Crippen molar-refractivity contribution in [2.24, 2.45) is 0 Å². The molecule has 4 heterocycles. The number of hydrogen-bond acceptors (Lipinski definition) is 7. The summed E-state index contributed by atoms with van der Waals surface area (Å²) >= 11 is 0. The number of nitrogens with one attached hydrogen (secondary N) is 1. The Labute approximate surface area is 142 Å². The first-order chi connectivity index (χ1) is 12.0. The molecule has 1 aliphatic heterocycles. The summed E-state index contributed by atoms with van der Waals surface area (Å²) in [6.07, 6.45) is 6.34. The molecule has 0 amide bonds. The molecule has 0 bridgehead atoms. The van der Waals surface area contributed by atoms with Crippen molar-refractivity contribution in [3.63, 3.8) is 0 Å². The Bertz CT molecular complexity index is 1050. The minimum Gasteiger partial charge on any atom is -0.325 e. The second kappa shape index (κ2) is 5.88. The summed E-state index contributed by atoms with van der Waals surface area (Å²) in [6.45, 7) is 0. The van der Waals surface area contributed by atoms with E-state index in [1.165, 1.54) is 6.20 Å². The lowest BCUT2D eigenvalue weighted by Gasteiger charge is -2.10. The van der Waals surface area contributed by atoms with Crippen LogP contribution >= 0.6 is 0 Å². The number of H-pyrrole nitrogens is 1. The fourth-order valence-corrected chi connectivity index (χ4v) is 4.50. The minimum atomic E-state index is -3.08. The molecule has 1 aliphatic rings. The van der Waals surface area contributed by atoms with Crippen LogP contribution in [0.15, 0.2) is 41.7 Å². The zero-order valence-electron chi connectivity index (χ0n) is 13.0. The van der Waals surface area contributed by atoms with Gasteiger partial charge < -0.3 is 4.98 Å². The lowest BCUT2D eigenvalue weighted by molar-refractivity contribution is 0.504. The molecule has 1 N–H and O–H groups in total. The Morgan fingerprint density at radius 1 is 1.24 bits per heavy atom. The third kappa shape index (κ3) is 3.07. The average molecular weight is 358 g/mol. The summed E-state index contributed by atoms with van der Waals surface area (Å²) in [6, 6.07) is 3.24. The molecule has 0 radical (unpaired) electrons. The summed E-state index contributed by atoms with van der Waals surface area (Å²) in [5, 5.41) is 4.51. The summed E-state index contributed by atoms with van der Waals surface area (Å²) in [5.41, 5.74) is 0.865. The van der Waals surface area contributed by atoms with Gasteiger partial charge in [-0.1, -0.05) is 0 Å². The van der Waals surface area contributed by atoms with Crippen molar-refractivity contribution in [3.05, 3.63) is 47.3 Å². The van der Waals surface area contributed by atoms with Gasteiger partial charge in [-0.25, -0.2) is 23.1 Å². The molecule has 128 valence electrons. The highest BCUT2D eigenvalue weighted by molar-refractivity contribution is 7.91. The molecule has 0 saturated carbocycles. The van der Waals surface area contributed by atoms with Crippen LogP contribution in [0.25, 0.3) is 22.9 Å². The highest BCUT2D eigenvalue weighted by atomic mass is 32.2. The van der Waals surface area contributed by atoms with E-state index in [1.807, 2.05) is 0 Å². The molecule has 3 aromatic rings. The maximum Gasteiger partial charge on any atom is 0.266 e. The molecular weight excluding hydrogens is 344 g/mol. The maximum absolute atomic E-state index is 11.9. The Morgan fingerprint density at radius 2 is 2.04 bits per heavy atom. The van der Waals surface area contributed by atoms with Gasteiger partial charge in [-0.3, -0.25) is 9.78 Å². The van der Waals surface area contributed by atoms with E-state index in [0.717, 1.165) is 11.8 Å². The third-order valence-electron chi connectivity index (χ3n) is 4.03. The molecule has 1 fully saturated rings. The first-order valence-electron chi connectivity index (χ1n) is 7.64. The van der Waals surface area contributed by atoms with Crippen molar-refractivity contribution in [1.29, 1.82) is 0 Å². The summed E-state index contributed by atoms with van der Waals surface area (Å²) in [4.78, 5) is 26.4. The molecule has 4 rings (SSSR count). The molecular formula is C15H14N6O3S. The van der Waals surface area contributed by atoms with Crippen LogP contribution in [0.5, 0.6) is 0 Å². The van der Waals surface area contributed by atoms with Gasteiger partial charge in [-0.05, 0) is 18.6 Å². The summed E-state index contributed by atoms with van der Waals surface area (Å²) in [5.74, 6) is 1.02. The molecule has 0 spiro atoms. The zero-order chi connectivity index (χ0) is 17.4. The zero-order valence-corrected chi connectivity index (χ0v) is 13.8. The fourth-order valence-electron chi connectivity index (χ4n) is 2.81. The van der Waals surface area contributed by atoms with Gasteiger partial charge in [0.25, 0.3) is 5.56 Å². The number of sulfone groups is 1. The van der Waals surface area contributed by atoms with E-state index in [4.69, 9.17) is 0 Å². The van der Waals surface area contributed by atoms with Gasteiger partial charge in [0, 0.05) is 24.2 Å². The first-order valence-corrected chi connectivity index (χ1v) is 9.46. The first kappa shape index (κ1) is 15.6. The van der Waals surface area contributed by atoms with Crippen LogP contribution in [0.3, 0.4) is 0 Å². The molecule has 3 aromatic heterocycles. The van der Waals surface area contributed by atoms with Crippen molar-refractivity contribution >= 4 is 9.84 Å². The quantitative estimate of drug-likeness (QED) is 0.721. The van der Waals surface area contributed by atoms with Crippen LogP contribution in [-0.2, 0) is 9.84 Å². The average Bonchev–Trinajstić information content (AvgIpc) is 3.20. The van der Waals surface area contributed by atoms with Gasteiger partial charge in [0.1, 0.15) is 5.69 Å². The maximum atomic E-state index is 11.9. The second-order valence-electron chi connectivity index (χ2n) is 5.79. The Morgan fingerprint density at radius 3 is 2.68 bits per heavy atom. The lowest BCUT2D eigenvalue weighted by Crippen LogP contribution is -2.15. The van der Waals surface area contributed by atoms with Crippen molar-refractivity contribution in [2.45, 2.75) is 12.5 Å². The standard InChI is InChI=1S/C15H14N6O3S/c22-13-8-17-12(7-18-13)15-19-14(10-1-4-16-5-2-10)20-21(15)11-3-6-25(23,24)9-11/h1-2,4-5,7-8,11H,3,6,9H2,(H,18,22)/t11-/m0/s1. The van der Waals surface area contributed by atoms with Crippen LogP contribution in [0.1, 0.15) is 12.5 Å². The topological polar surface area (TPSA) is 123 Å². The predicted molar refractivity (Wildman–Crippen MR) is 89.4 cm³/mol. The van der Waals surface area contributed by atoms with E-state index in [2.05, 4.69) is 25.0 Å². The van der Waals surface area contributed by atoms with Gasteiger partial charge in [0.2, 0.25) is 0 Å². The van der Waals surface area contributed by atoms with E-state index in [0.29, 0.717) is 23.8 Å². The Hall–Kier alpha value is -2.88. The SMILES string of the molecule is O=c1cnc(-c2nc(-c3ccncc3)nn2[C@H]2CCS(=O)(=O)C2)c[nH]1. The van der Waals surface area contributed by atoms with Crippen LogP contribution in [-0.4, -0.2) is 49.6 Å². The van der Waals surface area contributed by atoms with E-state index in [9.17, 15) is 13.2 Å². The number of pyridine rings is 1. The number of rotatable bonds is 3. The van der Waals surface area contributed by atoms with Crippen molar-refractivity contribution < 1.29 is 8.42 Å². The normalized spacial score (nSPS) is 19.1. The third-order valence-corrected chi connectivity index (χ3v) is 5.78. The number of nitrogens with zero attached hydrogens (tertiary/aromatic N) is 5.